The number of benzene rings is 1. The fourth-order valence-corrected chi connectivity index (χ4v) is 2.59. The summed E-state index contributed by atoms with van der Waals surface area (Å²) >= 11 is 0. The van der Waals surface area contributed by atoms with E-state index in [1.807, 2.05) is 12.1 Å². The van der Waals surface area contributed by atoms with Gasteiger partial charge in [0, 0.05) is 24.2 Å². The molecule has 2 unspecified atom stereocenters. The molecule has 1 aliphatic carbocycles. The zero-order valence-electron chi connectivity index (χ0n) is 11.6. The van der Waals surface area contributed by atoms with Crippen LogP contribution in [-0.4, -0.2) is 12.6 Å². The van der Waals surface area contributed by atoms with E-state index in [-0.39, 0.29) is 0 Å². The first-order chi connectivity index (χ1) is 9.29. The highest BCUT2D eigenvalue weighted by molar-refractivity contribution is 5.49. The van der Waals surface area contributed by atoms with E-state index in [1.165, 1.54) is 19.3 Å². The number of ether oxygens (including phenoxy) is 1. The van der Waals surface area contributed by atoms with E-state index < -0.39 is 0 Å². The van der Waals surface area contributed by atoms with Crippen LogP contribution in [-0.2, 0) is 0 Å². The minimum atomic E-state index is 0.553. The van der Waals surface area contributed by atoms with Crippen molar-refractivity contribution in [3.05, 3.63) is 24.3 Å². The molecule has 0 aromatic heterocycles. The highest BCUT2D eigenvalue weighted by atomic mass is 16.5. The van der Waals surface area contributed by atoms with Gasteiger partial charge in [-0.25, -0.2) is 0 Å². The van der Waals surface area contributed by atoms with Crippen molar-refractivity contribution in [3.8, 4) is 11.8 Å². The van der Waals surface area contributed by atoms with E-state index in [9.17, 15) is 0 Å². The molecule has 1 aromatic rings. The second kappa shape index (κ2) is 7.04. The summed E-state index contributed by atoms with van der Waals surface area (Å²) in [5.74, 6) is 1.63. The van der Waals surface area contributed by atoms with Gasteiger partial charge in [0.1, 0.15) is 5.75 Å². The van der Waals surface area contributed by atoms with E-state index in [0.717, 1.165) is 23.8 Å². The van der Waals surface area contributed by atoms with Crippen molar-refractivity contribution in [2.24, 2.45) is 5.92 Å². The number of anilines is 1. The largest absolute Gasteiger partial charge is 0.493 e. The Labute approximate surface area is 115 Å². The molecule has 0 heterocycles. The van der Waals surface area contributed by atoms with E-state index in [2.05, 4.69) is 30.4 Å². The quantitative estimate of drug-likeness (QED) is 0.785. The van der Waals surface area contributed by atoms with Gasteiger partial charge in [-0.15, -0.1) is 0 Å². The molecule has 1 aliphatic rings. The first kappa shape index (κ1) is 13.7. The Hall–Kier alpha value is -1.69. The molecule has 0 bridgehead atoms. The fourth-order valence-electron chi connectivity index (χ4n) is 2.59. The van der Waals surface area contributed by atoms with Gasteiger partial charge in [0.25, 0.3) is 0 Å². The van der Waals surface area contributed by atoms with Crippen molar-refractivity contribution >= 4 is 5.69 Å². The lowest BCUT2D eigenvalue weighted by Crippen LogP contribution is -2.21. The summed E-state index contributed by atoms with van der Waals surface area (Å²) in [5.41, 5.74) is 1.14. The molecular formula is C16H22N2O. The summed E-state index contributed by atoms with van der Waals surface area (Å²) in [6, 6.07) is 10.8. The minimum Gasteiger partial charge on any atom is -0.493 e. The van der Waals surface area contributed by atoms with Crippen LogP contribution in [0.1, 0.15) is 39.0 Å². The molecule has 0 radical (unpaired) electrons. The molecule has 1 aromatic carbocycles. The maximum Gasteiger partial charge on any atom is 0.121 e. The minimum absolute atomic E-state index is 0.553. The zero-order chi connectivity index (χ0) is 13.5. The molecule has 1 saturated carbocycles. The molecule has 3 nitrogen and oxygen atoms in total. The topological polar surface area (TPSA) is 45.0 Å². The molecule has 0 spiro atoms. The summed E-state index contributed by atoms with van der Waals surface area (Å²) in [6.45, 7) is 2.92. The number of hydrogen-bond acceptors (Lipinski definition) is 3. The molecule has 2 atom stereocenters. The average molecular weight is 258 g/mol. The fraction of sp³-hybridized carbons (Fsp3) is 0.562. The van der Waals surface area contributed by atoms with Crippen LogP contribution >= 0.6 is 0 Å². The van der Waals surface area contributed by atoms with Crippen LogP contribution in [0.15, 0.2) is 24.3 Å². The number of nitrogens with zero attached hydrogens (tertiary/aromatic N) is 1. The predicted octanol–water partition coefficient (Wildman–Crippen LogP) is 3.97. The Balaban J connectivity index is 1.86. The van der Waals surface area contributed by atoms with E-state index in [4.69, 9.17) is 10.00 Å². The molecule has 1 N–H and O–H groups in total. The van der Waals surface area contributed by atoms with Crippen molar-refractivity contribution in [2.75, 3.05) is 11.9 Å². The normalized spacial score (nSPS) is 21.9. The zero-order valence-corrected chi connectivity index (χ0v) is 11.6. The van der Waals surface area contributed by atoms with Crippen molar-refractivity contribution in [2.45, 2.75) is 45.1 Å². The van der Waals surface area contributed by atoms with Crippen molar-refractivity contribution in [1.82, 2.24) is 0 Å². The lowest BCUT2D eigenvalue weighted by molar-refractivity contribution is 0.313. The Kier molecular flexibility index (Phi) is 5.09. The van der Waals surface area contributed by atoms with Crippen LogP contribution in [0.2, 0.25) is 0 Å². The maximum atomic E-state index is 8.48. The standard InChI is InChI=1S/C16H22N2O/c1-13-6-4-9-16(13)18-14-7-5-8-15(12-14)19-11-3-2-10-17/h5,7-8,12-13,16,18H,2-4,6,9,11H2,1H3. The molecule has 19 heavy (non-hydrogen) atoms. The monoisotopic (exact) mass is 258 g/mol. The van der Waals surface area contributed by atoms with Crippen LogP contribution in [0.4, 0.5) is 5.69 Å². The van der Waals surface area contributed by atoms with Gasteiger partial charge in [0.2, 0.25) is 0 Å². The maximum absolute atomic E-state index is 8.48. The predicted molar refractivity (Wildman–Crippen MR) is 77.2 cm³/mol. The van der Waals surface area contributed by atoms with Crippen LogP contribution in [0.25, 0.3) is 0 Å². The van der Waals surface area contributed by atoms with E-state index >= 15 is 0 Å². The van der Waals surface area contributed by atoms with Crippen LogP contribution < -0.4 is 10.1 Å². The number of unbranched alkanes of at least 4 members (excludes halogenated alkanes) is 1. The Bertz CT molecular complexity index is 439. The second-order valence-corrected chi connectivity index (χ2v) is 5.30. The van der Waals surface area contributed by atoms with Crippen molar-refractivity contribution in [1.29, 1.82) is 5.26 Å². The Morgan fingerprint density at radius 3 is 3.05 bits per heavy atom. The summed E-state index contributed by atoms with van der Waals surface area (Å²) in [7, 11) is 0. The van der Waals surface area contributed by atoms with Crippen LogP contribution in [0.5, 0.6) is 5.75 Å². The molecular weight excluding hydrogens is 236 g/mol. The van der Waals surface area contributed by atoms with Gasteiger partial charge in [-0.3, -0.25) is 0 Å². The first-order valence-corrected chi connectivity index (χ1v) is 7.16. The molecule has 0 aliphatic heterocycles. The van der Waals surface area contributed by atoms with E-state index in [1.54, 1.807) is 0 Å². The second-order valence-electron chi connectivity index (χ2n) is 5.30. The number of hydrogen-bond donors (Lipinski definition) is 1. The van der Waals surface area contributed by atoms with Gasteiger partial charge in [0.15, 0.2) is 0 Å². The van der Waals surface area contributed by atoms with Crippen molar-refractivity contribution in [3.63, 3.8) is 0 Å². The highest BCUT2D eigenvalue weighted by Crippen LogP contribution is 2.29. The number of nitriles is 1. The van der Waals surface area contributed by atoms with Gasteiger partial charge in [0.05, 0.1) is 12.7 Å². The Morgan fingerprint density at radius 2 is 2.32 bits per heavy atom. The molecule has 3 heteroatoms. The summed E-state index contributed by atoms with van der Waals surface area (Å²) < 4.78 is 5.65. The molecule has 2 rings (SSSR count). The van der Waals surface area contributed by atoms with Gasteiger partial charge < -0.3 is 10.1 Å². The van der Waals surface area contributed by atoms with Gasteiger partial charge >= 0.3 is 0 Å². The molecule has 0 saturated heterocycles. The van der Waals surface area contributed by atoms with Crippen LogP contribution in [0.3, 0.4) is 0 Å². The summed E-state index contributed by atoms with van der Waals surface area (Å²) in [4.78, 5) is 0. The van der Waals surface area contributed by atoms with Crippen molar-refractivity contribution < 1.29 is 4.74 Å². The summed E-state index contributed by atoms with van der Waals surface area (Å²) in [5, 5.41) is 12.1. The lowest BCUT2D eigenvalue weighted by Gasteiger charge is -2.19. The summed E-state index contributed by atoms with van der Waals surface area (Å²) in [6.07, 6.45) is 5.24. The number of rotatable bonds is 6. The molecule has 0 amide bonds. The third-order valence-electron chi connectivity index (χ3n) is 3.75. The Morgan fingerprint density at radius 1 is 1.42 bits per heavy atom. The average Bonchev–Trinajstić information content (AvgIpc) is 2.81. The third-order valence-corrected chi connectivity index (χ3v) is 3.75. The van der Waals surface area contributed by atoms with Gasteiger partial charge in [-0.2, -0.15) is 5.26 Å². The third kappa shape index (κ3) is 4.17. The first-order valence-electron chi connectivity index (χ1n) is 7.16. The molecule has 1 fully saturated rings. The highest BCUT2D eigenvalue weighted by Gasteiger charge is 2.22. The van der Waals surface area contributed by atoms with E-state index in [0.29, 0.717) is 19.1 Å². The number of nitrogens with one attached hydrogen (secondary N) is 1. The van der Waals surface area contributed by atoms with Gasteiger partial charge in [-0.05, 0) is 37.3 Å². The SMILES string of the molecule is CC1CCCC1Nc1cccc(OCCCC#N)c1. The van der Waals surface area contributed by atoms with Crippen LogP contribution in [0, 0.1) is 17.2 Å². The smallest absolute Gasteiger partial charge is 0.121 e. The molecule has 102 valence electrons. The lowest BCUT2D eigenvalue weighted by atomic mass is 10.1. The van der Waals surface area contributed by atoms with Gasteiger partial charge in [-0.1, -0.05) is 19.4 Å².